The number of hydrogen-bond acceptors (Lipinski definition) is 3. The van der Waals surface area contributed by atoms with Gasteiger partial charge in [0, 0.05) is 37.3 Å². The van der Waals surface area contributed by atoms with E-state index in [1.54, 1.807) is 42.2 Å². The first-order valence-electron chi connectivity index (χ1n) is 9.78. The van der Waals surface area contributed by atoms with E-state index in [1.165, 1.54) is 4.90 Å². The molecule has 1 atom stereocenters. The molecule has 2 aromatic rings. The first-order chi connectivity index (χ1) is 14.7. The number of alkyl halides is 3. The van der Waals surface area contributed by atoms with Gasteiger partial charge in [0.2, 0.25) is 5.91 Å². The normalized spacial score (nSPS) is 15.4. The summed E-state index contributed by atoms with van der Waals surface area (Å²) in [6.07, 6.45) is -4.46. The van der Waals surface area contributed by atoms with E-state index in [1.807, 2.05) is 0 Å². The molecule has 3 amide bonds. The summed E-state index contributed by atoms with van der Waals surface area (Å²) in [6.45, 7) is 2.66. The summed E-state index contributed by atoms with van der Waals surface area (Å²) in [5, 5.41) is 2.67. The van der Waals surface area contributed by atoms with Crippen LogP contribution in [0.15, 0.2) is 54.6 Å². The Kier molecular flexibility index (Phi) is 6.62. The van der Waals surface area contributed by atoms with Crippen LogP contribution in [0.4, 0.5) is 13.2 Å². The molecule has 3 rings (SSSR count). The van der Waals surface area contributed by atoms with Crippen molar-refractivity contribution in [1.29, 1.82) is 0 Å². The smallest absolute Gasteiger partial charge is 0.341 e. The maximum absolute atomic E-state index is 12.7. The van der Waals surface area contributed by atoms with Crippen molar-refractivity contribution in [3.8, 4) is 0 Å². The molecule has 0 aliphatic carbocycles. The number of nitrogens with one attached hydrogen (secondary N) is 1. The number of hydrogen-bond donors (Lipinski definition) is 1. The highest BCUT2D eigenvalue weighted by atomic mass is 19.4. The predicted octanol–water partition coefficient (Wildman–Crippen LogP) is 2.81. The highest BCUT2D eigenvalue weighted by Gasteiger charge is 2.31. The Bertz CT molecular complexity index is 938. The van der Waals surface area contributed by atoms with Gasteiger partial charge in [-0.3, -0.25) is 14.4 Å². The van der Waals surface area contributed by atoms with Gasteiger partial charge in [-0.05, 0) is 43.3 Å². The van der Waals surface area contributed by atoms with Gasteiger partial charge in [0.1, 0.15) is 6.04 Å². The maximum Gasteiger partial charge on any atom is 0.416 e. The topological polar surface area (TPSA) is 69.7 Å². The minimum absolute atomic E-state index is 0.163. The van der Waals surface area contributed by atoms with Gasteiger partial charge in [-0.1, -0.05) is 18.2 Å². The molecule has 9 heteroatoms. The zero-order valence-corrected chi connectivity index (χ0v) is 16.9. The minimum atomic E-state index is -4.46. The van der Waals surface area contributed by atoms with Crippen LogP contribution in [0.5, 0.6) is 0 Å². The Morgan fingerprint density at radius 3 is 1.94 bits per heavy atom. The Hall–Kier alpha value is -3.36. The fraction of sp³-hybridized carbons (Fsp3) is 0.318. The average molecular weight is 433 g/mol. The summed E-state index contributed by atoms with van der Waals surface area (Å²) in [4.78, 5) is 40.5. The highest BCUT2D eigenvalue weighted by molar-refractivity contribution is 5.97. The molecule has 1 aliphatic heterocycles. The Morgan fingerprint density at radius 2 is 1.39 bits per heavy atom. The zero-order valence-electron chi connectivity index (χ0n) is 16.9. The molecule has 0 bridgehead atoms. The van der Waals surface area contributed by atoms with Crippen molar-refractivity contribution in [2.45, 2.75) is 19.1 Å². The molecule has 6 nitrogen and oxygen atoms in total. The van der Waals surface area contributed by atoms with Crippen LogP contribution in [-0.2, 0) is 11.0 Å². The van der Waals surface area contributed by atoms with E-state index in [-0.39, 0.29) is 49.5 Å². The van der Waals surface area contributed by atoms with Gasteiger partial charge in [-0.15, -0.1) is 0 Å². The monoisotopic (exact) mass is 433 g/mol. The number of carbonyl (C=O) groups excluding carboxylic acids is 3. The van der Waals surface area contributed by atoms with Crippen LogP contribution in [0.1, 0.15) is 33.2 Å². The van der Waals surface area contributed by atoms with Crippen molar-refractivity contribution in [2.24, 2.45) is 0 Å². The summed E-state index contributed by atoms with van der Waals surface area (Å²) in [5.41, 5.74) is -0.198. The first-order valence-corrected chi connectivity index (χ1v) is 9.78. The highest BCUT2D eigenvalue weighted by Crippen LogP contribution is 2.29. The third-order valence-corrected chi connectivity index (χ3v) is 5.09. The van der Waals surface area contributed by atoms with E-state index >= 15 is 0 Å². The van der Waals surface area contributed by atoms with Crippen molar-refractivity contribution < 1.29 is 27.6 Å². The second-order valence-electron chi connectivity index (χ2n) is 7.25. The van der Waals surface area contributed by atoms with Crippen LogP contribution in [0, 0.1) is 0 Å². The number of benzene rings is 2. The predicted molar refractivity (Wildman–Crippen MR) is 107 cm³/mol. The Labute approximate surface area is 177 Å². The maximum atomic E-state index is 12.7. The molecule has 0 radical (unpaired) electrons. The minimum Gasteiger partial charge on any atom is -0.341 e. The molecule has 0 saturated carbocycles. The van der Waals surface area contributed by atoms with E-state index in [0.29, 0.717) is 5.56 Å². The van der Waals surface area contributed by atoms with Crippen LogP contribution in [0.3, 0.4) is 0 Å². The van der Waals surface area contributed by atoms with Crippen molar-refractivity contribution >= 4 is 17.7 Å². The molecule has 1 saturated heterocycles. The number of nitrogens with zero attached hydrogens (tertiary/aromatic N) is 2. The van der Waals surface area contributed by atoms with Gasteiger partial charge in [0.15, 0.2) is 0 Å². The van der Waals surface area contributed by atoms with Crippen LogP contribution in [0.2, 0.25) is 0 Å². The summed E-state index contributed by atoms with van der Waals surface area (Å²) in [7, 11) is 0. The van der Waals surface area contributed by atoms with Crippen LogP contribution < -0.4 is 5.32 Å². The average Bonchev–Trinajstić information content (AvgIpc) is 2.78. The number of halogens is 3. The summed E-state index contributed by atoms with van der Waals surface area (Å²) in [5.74, 6) is -0.991. The largest absolute Gasteiger partial charge is 0.416 e. The van der Waals surface area contributed by atoms with Crippen molar-refractivity contribution in [3.63, 3.8) is 0 Å². The number of amides is 3. The SMILES string of the molecule is CC(NC(=O)c1ccccc1)C(=O)N1CCN(C(=O)c2ccc(C(F)(F)F)cc2)CC1. The molecule has 0 spiro atoms. The van der Waals surface area contributed by atoms with Crippen LogP contribution in [0.25, 0.3) is 0 Å². The summed E-state index contributed by atoms with van der Waals surface area (Å²) >= 11 is 0. The standard InChI is InChI=1S/C22H22F3N3O3/c1-15(26-19(29)16-5-3-2-4-6-16)20(30)27-11-13-28(14-12-27)21(31)17-7-9-18(10-8-17)22(23,24)25/h2-10,15H,11-14H2,1H3,(H,26,29). The number of carbonyl (C=O) groups is 3. The molecule has 1 heterocycles. The molecule has 164 valence electrons. The van der Waals surface area contributed by atoms with E-state index in [2.05, 4.69) is 5.32 Å². The molecule has 1 unspecified atom stereocenters. The lowest BCUT2D eigenvalue weighted by atomic mass is 10.1. The summed E-state index contributed by atoms with van der Waals surface area (Å²) < 4.78 is 38.0. The first kappa shape index (κ1) is 22.3. The zero-order chi connectivity index (χ0) is 22.6. The molecule has 1 aliphatic rings. The van der Waals surface area contributed by atoms with Gasteiger partial charge in [0.05, 0.1) is 5.56 Å². The molecular formula is C22H22F3N3O3. The lowest BCUT2D eigenvalue weighted by Crippen LogP contribution is -2.55. The molecule has 31 heavy (non-hydrogen) atoms. The van der Waals surface area contributed by atoms with E-state index in [4.69, 9.17) is 0 Å². The lowest BCUT2D eigenvalue weighted by Gasteiger charge is -2.36. The Morgan fingerprint density at radius 1 is 0.839 bits per heavy atom. The molecular weight excluding hydrogens is 411 g/mol. The van der Waals surface area contributed by atoms with Crippen molar-refractivity contribution in [1.82, 2.24) is 15.1 Å². The van der Waals surface area contributed by atoms with Crippen molar-refractivity contribution in [3.05, 3.63) is 71.3 Å². The van der Waals surface area contributed by atoms with Crippen molar-refractivity contribution in [2.75, 3.05) is 26.2 Å². The molecule has 0 aromatic heterocycles. The van der Waals surface area contributed by atoms with E-state index < -0.39 is 17.8 Å². The Balaban J connectivity index is 1.53. The quantitative estimate of drug-likeness (QED) is 0.806. The van der Waals surface area contributed by atoms with Crippen LogP contribution in [-0.4, -0.2) is 59.7 Å². The third kappa shape index (κ3) is 5.42. The van der Waals surface area contributed by atoms with Gasteiger partial charge in [-0.25, -0.2) is 0 Å². The van der Waals surface area contributed by atoms with Gasteiger partial charge >= 0.3 is 6.18 Å². The fourth-order valence-corrected chi connectivity index (χ4v) is 3.32. The molecule has 2 aromatic carbocycles. The number of piperazine rings is 1. The molecule has 1 N–H and O–H groups in total. The van der Waals surface area contributed by atoms with E-state index in [0.717, 1.165) is 24.3 Å². The number of rotatable bonds is 4. The lowest BCUT2D eigenvalue weighted by molar-refractivity contribution is -0.137. The van der Waals surface area contributed by atoms with Gasteiger partial charge in [-0.2, -0.15) is 13.2 Å². The third-order valence-electron chi connectivity index (χ3n) is 5.09. The summed E-state index contributed by atoms with van der Waals surface area (Å²) in [6, 6.07) is 11.9. The molecule has 1 fully saturated rings. The van der Waals surface area contributed by atoms with Crippen LogP contribution >= 0.6 is 0 Å². The van der Waals surface area contributed by atoms with Gasteiger partial charge in [0.25, 0.3) is 11.8 Å². The fourth-order valence-electron chi connectivity index (χ4n) is 3.32. The van der Waals surface area contributed by atoms with Gasteiger partial charge < -0.3 is 15.1 Å². The second-order valence-corrected chi connectivity index (χ2v) is 7.25. The second kappa shape index (κ2) is 9.20. The van der Waals surface area contributed by atoms with E-state index in [9.17, 15) is 27.6 Å².